The molecule has 0 atom stereocenters. The maximum Gasteiger partial charge on any atom is 0.309 e. The molecular formula is C17H22BrNO4. The largest absolute Gasteiger partial charge is 0.493 e. The molecule has 1 amide bonds. The number of likely N-dealkylation sites (tertiary alicyclic amines) is 1. The molecule has 0 saturated carbocycles. The van der Waals surface area contributed by atoms with Crippen LogP contribution in [0.2, 0.25) is 0 Å². The molecule has 1 aliphatic heterocycles. The van der Waals surface area contributed by atoms with Gasteiger partial charge in [0.2, 0.25) is 0 Å². The van der Waals surface area contributed by atoms with Crippen LogP contribution in [0.25, 0.3) is 0 Å². The van der Waals surface area contributed by atoms with Gasteiger partial charge in [-0.05, 0) is 44.9 Å². The van der Waals surface area contributed by atoms with Crippen LogP contribution in [0.5, 0.6) is 5.75 Å². The van der Waals surface area contributed by atoms with Crippen molar-refractivity contribution in [3.8, 4) is 5.75 Å². The topological polar surface area (TPSA) is 55.8 Å². The Morgan fingerprint density at radius 2 is 1.91 bits per heavy atom. The van der Waals surface area contributed by atoms with Gasteiger partial charge in [-0.2, -0.15) is 0 Å². The summed E-state index contributed by atoms with van der Waals surface area (Å²) in [5.41, 5.74) is 0.552. The number of benzene rings is 1. The van der Waals surface area contributed by atoms with Crippen molar-refractivity contribution in [1.82, 2.24) is 4.90 Å². The van der Waals surface area contributed by atoms with Crippen LogP contribution >= 0.6 is 15.9 Å². The fraction of sp³-hybridized carbons (Fsp3) is 0.529. The lowest BCUT2D eigenvalue weighted by Crippen LogP contribution is -2.40. The van der Waals surface area contributed by atoms with Crippen molar-refractivity contribution in [2.45, 2.75) is 26.7 Å². The summed E-state index contributed by atoms with van der Waals surface area (Å²) in [4.78, 5) is 26.3. The van der Waals surface area contributed by atoms with Crippen LogP contribution < -0.4 is 4.74 Å². The lowest BCUT2D eigenvalue weighted by atomic mass is 9.96. The molecule has 0 radical (unpaired) electrons. The number of hydrogen-bond acceptors (Lipinski definition) is 4. The zero-order chi connectivity index (χ0) is 16.8. The van der Waals surface area contributed by atoms with Gasteiger partial charge in [-0.1, -0.05) is 15.9 Å². The predicted octanol–water partition coefficient (Wildman–Crippen LogP) is 3.26. The highest BCUT2D eigenvalue weighted by atomic mass is 79.9. The van der Waals surface area contributed by atoms with Crippen LogP contribution in [0.1, 0.15) is 37.0 Å². The summed E-state index contributed by atoms with van der Waals surface area (Å²) >= 11 is 3.40. The fourth-order valence-electron chi connectivity index (χ4n) is 2.70. The molecule has 1 fully saturated rings. The summed E-state index contributed by atoms with van der Waals surface area (Å²) in [5, 5.41) is 0. The molecule has 6 heteroatoms. The normalized spacial score (nSPS) is 15.3. The number of esters is 1. The van der Waals surface area contributed by atoms with Crippen molar-refractivity contribution < 1.29 is 19.1 Å². The molecule has 2 rings (SSSR count). The number of ether oxygens (including phenoxy) is 2. The van der Waals surface area contributed by atoms with E-state index in [9.17, 15) is 9.59 Å². The van der Waals surface area contributed by atoms with Gasteiger partial charge < -0.3 is 14.4 Å². The second kappa shape index (κ2) is 8.34. The Bertz CT molecular complexity index is 568. The highest BCUT2D eigenvalue weighted by Gasteiger charge is 2.29. The number of carbonyl (C=O) groups is 2. The lowest BCUT2D eigenvalue weighted by Gasteiger charge is -2.31. The molecule has 0 spiro atoms. The molecule has 1 aromatic rings. The third-order valence-corrected chi connectivity index (χ3v) is 4.37. The second-order valence-electron chi connectivity index (χ2n) is 5.39. The van der Waals surface area contributed by atoms with Crippen LogP contribution in [0.4, 0.5) is 0 Å². The van der Waals surface area contributed by atoms with Gasteiger partial charge in [0, 0.05) is 17.6 Å². The Balaban J connectivity index is 2.05. The molecule has 126 valence electrons. The Kier molecular flexibility index (Phi) is 6.45. The third-order valence-electron chi connectivity index (χ3n) is 3.87. The van der Waals surface area contributed by atoms with Crippen molar-refractivity contribution in [3.05, 3.63) is 28.2 Å². The van der Waals surface area contributed by atoms with Crippen LogP contribution in [0.15, 0.2) is 22.7 Å². The first-order valence-electron chi connectivity index (χ1n) is 7.95. The summed E-state index contributed by atoms with van der Waals surface area (Å²) in [7, 11) is 0. The van der Waals surface area contributed by atoms with E-state index in [-0.39, 0.29) is 17.8 Å². The summed E-state index contributed by atoms with van der Waals surface area (Å²) in [6.07, 6.45) is 1.28. The highest BCUT2D eigenvalue weighted by molar-refractivity contribution is 9.10. The quantitative estimate of drug-likeness (QED) is 0.732. The van der Waals surface area contributed by atoms with E-state index in [0.717, 1.165) is 4.47 Å². The van der Waals surface area contributed by atoms with E-state index in [1.165, 1.54) is 0 Å². The first-order chi connectivity index (χ1) is 11.1. The summed E-state index contributed by atoms with van der Waals surface area (Å²) in [6.45, 7) is 5.71. The van der Waals surface area contributed by atoms with E-state index in [4.69, 9.17) is 9.47 Å². The van der Waals surface area contributed by atoms with Gasteiger partial charge in [0.25, 0.3) is 5.91 Å². The van der Waals surface area contributed by atoms with Gasteiger partial charge in [-0.25, -0.2) is 0 Å². The van der Waals surface area contributed by atoms with Gasteiger partial charge >= 0.3 is 5.97 Å². The number of carbonyl (C=O) groups excluding carboxylic acids is 2. The standard InChI is InChI=1S/C17H22BrNO4/c1-3-22-15-6-5-13(18)11-14(15)16(20)19-9-7-12(8-10-19)17(21)23-4-2/h5-6,11-12H,3-4,7-10H2,1-2H3. The molecular weight excluding hydrogens is 362 g/mol. The molecule has 5 nitrogen and oxygen atoms in total. The second-order valence-corrected chi connectivity index (χ2v) is 6.31. The number of hydrogen-bond donors (Lipinski definition) is 0. The summed E-state index contributed by atoms with van der Waals surface area (Å²) < 4.78 is 11.5. The maximum atomic E-state index is 12.8. The van der Waals surface area contributed by atoms with E-state index in [1.807, 2.05) is 13.0 Å². The fourth-order valence-corrected chi connectivity index (χ4v) is 3.06. The van der Waals surface area contributed by atoms with Crippen molar-refractivity contribution in [2.24, 2.45) is 5.92 Å². The van der Waals surface area contributed by atoms with Crippen LogP contribution in [-0.2, 0) is 9.53 Å². The zero-order valence-corrected chi connectivity index (χ0v) is 15.1. The van der Waals surface area contributed by atoms with Gasteiger partial charge in [0.05, 0.1) is 24.7 Å². The minimum absolute atomic E-state index is 0.0583. The molecule has 0 unspecified atom stereocenters. The van der Waals surface area contributed by atoms with Gasteiger partial charge in [-0.3, -0.25) is 9.59 Å². The monoisotopic (exact) mass is 383 g/mol. The average Bonchev–Trinajstić information content (AvgIpc) is 2.56. The van der Waals surface area contributed by atoms with Crippen LogP contribution in [0, 0.1) is 5.92 Å². The number of piperidine rings is 1. The van der Waals surface area contributed by atoms with Crippen LogP contribution in [0.3, 0.4) is 0 Å². The molecule has 0 bridgehead atoms. The highest BCUT2D eigenvalue weighted by Crippen LogP contribution is 2.27. The average molecular weight is 384 g/mol. The van der Waals surface area contributed by atoms with Crippen molar-refractivity contribution in [3.63, 3.8) is 0 Å². The summed E-state index contributed by atoms with van der Waals surface area (Å²) in [6, 6.07) is 5.44. The number of halogens is 1. The van der Waals surface area contributed by atoms with Gasteiger partial charge in [0.15, 0.2) is 0 Å². The Morgan fingerprint density at radius 1 is 1.22 bits per heavy atom. The minimum atomic E-state index is -0.156. The first-order valence-corrected chi connectivity index (χ1v) is 8.74. The molecule has 0 aromatic heterocycles. The lowest BCUT2D eigenvalue weighted by molar-refractivity contribution is -0.149. The smallest absolute Gasteiger partial charge is 0.309 e. The SMILES string of the molecule is CCOC(=O)C1CCN(C(=O)c2cc(Br)ccc2OCC)CC1. The molecule has 1 aromatic carbocycles. The van der Waals surface area contributed by atoms with E-state index in [1.54, 1.807) is 24.0 Å². The van der Waals surface area contributed by atoms with Crippen molar-refractivity contribution in [2.75, 3.05) is 26.3 Å². The third kappa shape index (κ3) is 4.47. The van der Waals surface area contributed by atoms with Crippen LogP contribution in [-0.4, -0.2) is 43.1 Å². The van der Waals surface area contributed by atoms with Crippen molar-refractivity contribution in [1.29, 1.82) is 0 Å². The Morgan fingerprint density at radius 3 is 2.52 bits per heavy atom. The molecule has 23 heavy (non-hydrogen) atoms. The van der Waals surface area contributed by atoms with E-state index in [2.05, 4.69) is 15.9 Å². The minimum Gasteiger partial charge on any atom is -0.493 e. The molecule has 0 N–H and O–H groups in total. The molecule has 0 aliphatic carbocycles. The number of amides is 1. The van der Waals surface area contributed by atoms with Gasteiger partial charge in [0.1, 0.15) is 5.75 Å². The number of nitrogens with zero attached hydrogens (tertiary/aromatic N) is 1. The summed E-state index contributed by atoms with van der Waals surface area (Å²) in [5.74, 6) is 0.273. The van der Waals surface area contributed by atoms with Gasteiger partial charge in [-0.15, -0.1) is 0 Å². The Hall–Kier alpha value is -1.56. The maximum absolute atomic E-state index is 12.8. The van der Waals surface area contributed by atoms with E-state index < -0.39 is 0 Å². The number of rotatable bonds is 5. The first kappa shape index (κ1) is 17.8. The van der Waals surface area contributed by atoms with Crippen molar-refractivity contribution >= 4 is 27.8 Å². The molecule has 1 heterocycles. The molecule has 1 aliphatic rings. The molecule has 1 saturated heterocycles. The van der Waals surface area contributed by atoms with E-state index in [0.29, 0.717) is 50.5 Å². The zero-order valence-electron chi connectivity index (χ0n) is 13.5. The van der Waals surface area contributed by atoms with E-state index >= 15 is 0 Å². The predicted molar refractivity (Wildman–Crippen MR) is 90.6 cm³/mol. The Labute approximate surface area is 145 Å².